The number of piperidine rings is 1. The van der Waals surface area contributed by atoms with Gasteiger partial charge in [-0.1, -0.05) is 13.3 Å². The highest BCUT2D eigenvalue weighted by molar-refractivity contribution is 5.80. The third kappa shape index (κ3) is 11.0. The van der Waals surface area contributed by atoms with Crippen molar-refractivity contribution in [2.24, 2.45) is 4.99 Å². The Labute approximate surface area is 161 Å². The summed E-state index contributed by atoms with van der Waals surface area (Å²) in [5.74, 6) is 0.970. The van der Waals surface area contributed by atoms with E-state index in [-0.39, 0.29) is 0 Å². The first-order valence-electron chi connectivity index (χ1n) is 10.6. The number of nitrogens with one attached hydrogen (secondary N) is 2. The van der Waals surface area contributed by atoms with Crippen LogP contribution in [0.3, 0.4) is 0 Å². The van der Waals surface area contributed by atoms with Gasteiger partial charge in [0, 0.05) is 38.8 Å². The van der Waals surface area contributed by atoms with Crippen LogP contribution in [-0.4, -0.2) is 87.4 Å². The Morgan fingerprint density at radius 3 is 2.58 bits per heavy atom. The van der Waals surface area contributed by atoms with Crippen molar-refractivity contribution in [1.82, 2.24) is 20.4 Å². The van der Waals surface area contributed by atoms with E-state index in [1.807, 2.05) is 0 Å². The van der Waals surface area contributed by atoms with Crippen LogP contribution in [0.25, 0.3) is 0 Å². The maximum absolute atomic E-state index is 5.67. The van der Waals surface area contributed by atoms with Crippen LogP contribution in [0.4, 0.5) is 0 Å². The molecule has 0 bridgehead atoms. The first-order chi connectivity index (χ1) is 12.5. The topological polar surface area (TPSA) is 52.1 Å². The first-order valence-corrected chi connectivity index (χ1v) is 10.6. The quantitative estimate of drug-likeness (QED) is 0.408. The summed E-state index contributed by atoms with van der Waals surface area (Å²) < 4.78 is 5.67. The van der Waals surface area contributed by atoms with Gasteiger partial charge in [0.15, 0.2) is 5.96 Å². The summed E-state index contributed by atoms with van der Waals surface area (Å²) >= 11 is 0. The minimum absolute atomic E-state index is 0.328. The Hall–Kier alpha value is -0.850. The van der Waals surface area contributed by atoms with E-state index in [4.69, 9.17) is 9.73 Å². The number of nitrogens with zero attached hydrogens (tertiary/aromatic N) is 3. The lowest BCUT2D eigenvalue weighted by atomic mass is 10.1. The highest BCUT2D eigenvalue weighted by Gasteiger charge is 2.19. The number of hydrogen-bond acceptors (Lipinski definition) is 4. The zero-order chi connectivity index (χ0) is 19.2. The molecule has 1 fully saturated rings. The van der Waals surface area contributed by atoms with Crippen molar-refractivity contribution in [3.8, 4) is 0 Å². The van der Waals surface area contributed by atoms with Crippen LogP contribution in [0.1, 0.15) is 53.4 Å². The summed E-state index contributed by atoms with van der Waals surface area (Å²) in [6.45, 7) is 16.6. The molecule has 1 heterocycles. The summed E-state index contributed by atoms with van der Waals surface area (Å²) in [7, 11) is 2.18. The molecule has 0 radical (unpaired) electrons. The molecule has 26 heavy (non-hydrogen) atoms. The van der Waals surface area contributed by atoms with Gasteiger partial charge in [0.1, 0.15) is 0 Å². The maximum atomic E-state index is 5.67. The van der Waals surface area contributed by atoms with Crippen LogP contribution in [0.5, 0.6) is 0 Å². The van der Waals surface area contributed by atoms with Gasteiger partial charge in [-0.25, -0.2) is 0 Å². The minimum Gasteiger partial charge on any atom is -0.377 e. The van der Waals surface area contributed by atoms with Gasteiger partial charge in [0.2, 0.25) is 0 Å². The van der Waals surface area contributed by atoms with Crippen molar-refractivity contribution in [3.63, 3.8) is 0 Å². The molecule has 0 saturated carbocycles. The zero-order valence-corrected chi connectivity index (χ0v) is 17.9. The molecule has 0 aromatic carbocycles. The zero-order valence-electron chi connectivity index (χ0n) is 17.9. The van der Waals surface area contributed by atoms with Gasteiger partial charge in [0.25, 0.3) is 0 Å². The molecule has 0 atom stereocenters. The van der Waals surface area contributed by atoms with Crippen molar-refractivity contribution in [2.75, 3.05) is 59.5 Å². The van der Waals surface area contributed by atoms with Crippen molar-refractivity contribution >= 4 is 5.96 Å². The van der Waals surface area contributed by atoms with Gasteiger partial charge >= 0.3 is 0 Å². The van der Waals surface area contributed by atoms with Gasteiger partial charge in [-0.15, -0.1) is 0 Å². The normalized spacial score (nSPS) is 17.3. The maximum Gasteiger partial charge on any atom is 0.191 e. The molecule has 2 N–H and O–H groups in total. The Kier molecular flexibility index (Phi) is 12.7. The fraction of sp³-hybridized carbons (Fsp3) is 0.950. The minimum atomic E-state index is 0.328. The van der Waals surface area contributed by atoms with E-state index in [9.17, 15) is 0 Å². The molecule has 0 unspecified atom stereocenters. The van der Waals surface area contributed by atoms with E-state index in [1.54, 1.807) is 0 Å². The molecule has 6 heteroatoms. The Balaban J connectivity index is 2.28. The molecule has 1 saturated heterocycles. The van der Waals surface area contributed by atoms with E-state index in [0.29, 0.717) is 12.1 Å². The van der Waals surface area contributed by atoms with Crippen LogP contribution in [0.2, 0.25) is 0 Å². The second-order valence-corrected chi connectivity index (χ2v) is 7.60. The van der Waals surface area contributed by atoms with Gasteiger partial charge in [-0.2, -0.15) is 0 Å². The van der Waals surface area contributed by atoms with Crippen molar-refractivity contribution in [2.45, 2.75) is 65.5 Å². The van der Waals surface area contributed by atoms with Crippen molar-refractivity contribution in [3.05, 3.63) is 0 Å². The monoisotopic (exact) mass is 369 g/mol. The second kappa shape index (κ2) is 14.2. The number of guanidine groups is 1. The van der Waals surface area contributed by atoms with Crippen molar-refractivity contribution < 1.29 is 4.74 Å². The first kappa shape index (κ1) is 23.2. The van der Waals surface area contributed by atoms with E-state index in [2.05, 4.69) is 55.2 Å². The van der Waals surface area contributed by atoms with Gasteiger partial charge in [-0.3, -0.25) is 4.99 Å². The molecule has 0 amide bonds. The average Bonchev–Trinajstić information content (AvgIpc) is 2.61. The molecule has 1 rings (SSSR count). The number of likely N-dealkylation sites (N-methyl/N-ethyl adjacent to an activating group) is 1. The highest BCUT2D eigenvalue weighted by atomic mass is 16.5. The lowest BCUT2D eigenvalue weighted by Crippen LogP contribution is -2.49. The summed E-state index contributed by atoms with van der Waals surface area (Å²) in [6.07, 6.45) is 5.18. The summed E-state index contributed by atoms with van der Waals surface area (Å²) in [6, 6.07) is 0.521. The van der Waals surface area contributed by atoms with Crippen LogP contribution in [0, 0.1) is 0 Å². The number of unbranched alkanes of at least 4 members (excludes halogenated alkanes) is 1. The predicted molar refractivity (Wildman–Crippen MR) is 112 cm³/mol. The van der Waals surface area contributed by atoms with E-state index in [0.717, 1.165) is 58.4 Å². The van der Waals surface area contributed by atoms with Crippen LogP contribution in [0.15, 0.2) is 4.99 Å². The third-order valence-corrected chi connectivity index (χ3v) is 4.78. The Morgan fingerprint density at radius 1 is 1.23 bits per heavy atom. The van der Waals surface area contributed by atoms with E-state index in [1.165, 1.54) is 25.7 Å². The van der Waals surface area contributed by atoms with Crippen molar-refractivity contribution in [1.29, 1.82) is 0 Å². The fourth-order valence-corrected chi connectivity index (χ4v) is 3.10. The van der Waals surface area contributed by atoms with Crippen LogP contribution in [-0.2, 0) is 4.74 Å². The molecular formula is C20H43N5O. The van der Waals surface area contributed by atoms with Gasteiger partial charge < -0.3 is 25.2 Å². The number of rotatable bonds is 12. The van der Waals surface area contributed by atoms with Gasteiger partial charge in [0.05, 0.1) is 19.3 Å². The average molecular weight is 370 g/mol. The number of ether oxygens (including phenoxy) is 1. The van der Waals surface area contributed by atoms with E-state index < -0.39 is 0 Å². The Morgan fingerprint density at radius 2 is 1.96 bits per heavy atom. The lowest BCUT2D eigenvalue weighted by molar-refractivity contribution is 0.0532. The molecule has 1 aliphatic heterocycles. The molecule has 6 nitrogen and oxygen atoms in total. The fourth-order valence-electron chi connectivity index (χ4n) is 3.10. The smallest absolute Gasteiger partial charge is 0.191 e. The number of aliphatic imine (C=N–C) groups is 1. The van der Waals surface area contributed by atoms with Crippen LogP contribution < -0.4 is 10.6 Å². The number of likely N-dealkylation sites (tertiary alicyclic amines) is 1. The van der Waals surface area contributed by atoms with E-state index >= 15 is 0 Å². The molecule has 1 aliphatic rings. The largest absolute Gasteiger partial charge is 0.377 e. The second-order valence-electron chi connectivity index (χ2n) is 7.60. The molecule has 0 aromatic rings. The molecular weight excluding hydrogens is 326 g/mol. The third-order valence-electron chi connectivity index (χ3n) is 4.78. The summed E-state index contributed by atoms with van der Waals surface area (Å²) in [4.78, 5) is 9.64. The molecule has 154 valence electrons. The lowest BCUT2D eigenvalue weighted by Gasteiger charge is -2.33. The molecule has 0 spiro atoms. The summed E-state index contributed by atoms with van der Waals surface area (Å²) in [5.41, 5.74) is 0. The highest BCUT2D eigenvalue weighted by Crippen LogP contribution is 2.10. The number of hydrogen-bond donors (Lipinski definition) is 2. The summed E-state index contributed by atoms with van der Waals surface area (Å²) in [5, 5.41) is 7.02. The SMILES string of the molecule is CCCCN(C)CCN=C(NCC)NC1CCN(CCOC(C)C)CC1. The standard InChI is InChI=1S/C20H43N5O/c1-6-8-12-24(5)15-11-22-20(21-7-2)23-19-9-13-25(14-10-19)16-17-26-18(3)4/h18-19H,6-17H2,1-5H3,(H2,21,22,23). The molecule has 0 aromatic heterocycles. The van der Waals surface area contributed by atoms with Crippen LogP contribution >= 0.6 is 0 Å². The van der Waals surface area contributed by atoms with Gasteiger partial charge in [-0.05, 0) is 53.6 Å². The Bertz CT molecular complexity index is 367. The molecule has 0 aliphatic carbocycles. The predicted octanol–water partition coefficient (Wildman–Crippen LogP) is 2.16.